The maximum Gasteiger partial charge on any atom is 0.266 e. The highest BCUT2D eigenvalue weighted by atomic mass is 32.1. The van der Waals surface area contributed by atoms with Crippen LogP contribution in [-0.4, -0.2) is 40.1 Å². The first-order valence-electron chi connectivity index (χ1n) is 6.26. The van der Waals surface area contributed by atoms with Gasteiger partial charge >= 0.3 is 0 Å². The summed E-state index contributed by atoms with van der Waals surface area (Å²) in [6, 6.07) is 1.75. The zero-order valence-corrected chi connectivity index (χ0v) is 11.2. The summed E-state index contributed by atoms with van der Waals surface area (Å²) >= 11 is 1.37. The number of amides is 1. The number of aliphatic hydroxyl groups is 1. The van der Waals surface area contributed by atoms with Gasteiger partial charge in [-0.3, -0.25) is 9.78 Å². The van der Waals surface area contributed by atoms with Crippen molar-refractivity contribution >= 4 is 33.0 Å². The average Bonchev–Trinajstić information content (AvgIpc) is 3.03. The lowest BCUT2D eigenvalue weighted by Gasteiger charge is -2.22. The number of anilines is 1. The molecule has 3 rings (SSSR count). The molecule has 0 saturated carbocycles. The standard InChI is InChI=1S/C13H15N3O2S/c14-11-9-3-4-15-6-10(9)19-12(11)13(18)16-5-1-2-8(16)7-17/h3-4,6,8,17H,1-2,5,7,14H2. The van der Waals surface area contributed by atoms with E-state index in [-0.39, 0.29) is 18.6 Å². The number of fused-ring (bicyclic) bond motifs is 1. The van der Waals surface area contributed by atoms with Crippen molar-refractivity contribution in [3.8, 4) is 0 Å². The third kappa shape index (κ3) is 1.97. The number of nitrogens with two attached hydrogens (primary N) is 1. The summed E-state index contributed by atoms with van der Waals surface area (Å²) in [6.07, 6.45) is 5.19. The molecule has 100 valence electrons. The van der Waals surface area contributed by atoms with Crippen molar-refractivity contribution in [3.63, 3.8) is 0 Å². The molecular formula is C13H15N3O2S. The van der Waals surface area contributed by atoms with Gasteiger partial charge in [0.15, 0.2) is 0 Å². The fraction of sp³-hybridized carbons (Fsp3) is 0.385. The molecule has 1 aliphatic heterocycles. The van der Waals surface area contributed by atoms with Crippen molar-refractivity contribution in [2.24, 2.45) is 0 Å². The van der Waals surface area contributed by atoms with Gasteiger partial charge in [-0.1, -0.05) is 0 Å². The van der Waals surface area contributed by atoms with Gasteiger partial charge < -0.3 is 15.7 Å². The predicted molar refractivity (Wildman–Crippen MR) is 75.2 cm³/mol. The van der Waals surface area contributed by atoms with Crippen LogP contribution in [0.5, 0.6) is 0 Å². The Morgan fingerprint density at radius 1 is 1.63 bits per heavy atom. The van der Waals surface area contributed by atoms with Gasteiger partial charge in [0.25, 0.3) is 5.91 Å². The lowest BCUT2D eigenvalue weighted by Crippen LogP contribution is -2.37. The molecule has 1 saturated heterocycles. The van der Waals surface area contributed by atoms with E-state index < -0.39 is 0 Å². The van der Waals surface area contributed by atoms with Crippen molar-refractivity contribution in [1.29, 1.82) is 0 Å². The molecule has 6 heteroatoms. The second-order valence-corrected chi connectivity index (χ2v) is 5.75. The summed E-state index contributed by atoms with van der Waals surface area (Å²) in [7, 11) is 0. The smallest absolute Gasteiger partial charge is 0.266 e. The number of hydrogen-bond acceptors (Lipinski definition) is 5. The number of thiophene rings is 1. The number of hydrogen-bond donors (Lipinski definition) is 2. The molecule has 3 heterocycles. The Labute approximate surface area is 114 Å². The molecule has 0 bridgehead atoms. The van der Waals surface area contributed by atoms with Gasteiger partial charge in [0.05, 0.1) is 23.0 Å². The van der Waals surface area contributed by atoms with E-state index in [1.165, 1.54) is 11.3 Å². The van der Waals surface area contributed by atoms with Crippen molar-refractivity contribution < 1.29 is 9.90 Å². The van der Waals surface area contributed by atoms with Crippen molar-refractivity contribution in [1.82, 2.24) is 9.88 Å². The van der Waals surface area contributed by atoms with Crippen molar-refractivity contribution in [2.75, 3.05) is 18.9 Å². The van der Waals surface area contributed by atoms with Gasteiger partial charge in [-0.25, -0.2) is 0 Å². The van der Waals surface area contributed by atoms with E-state index in [4.69, 9.17) is 5.73 Å². The zero-order valence-electron chi connectivity index (χ0n) is 10.4. The number of rotatable bonds is 2. The van der Waals surface area contributed by atoms with E-state index in [2.05, 4.69) is 4.98 Å². The average molecular weight is 277 g/mol. The van der Waals surface area contributed by atoms with E-state index in [1.54, 1.807) is 17.3 Å². The van der Waals surface area contributed by atoms with Gasteiger partial charge in [0.2, 0.25) is 0 Å². The first-order chi connectivity index (χ1) is 9.22. The molecule has 0 spiro atoms. The number of pyridine rings is 1. The van der Waals surface area contributed by atoms with E-state index in [0.29, 0.717) is 17.1 Å². The molecule has 2 aromatic rings. The molecule has 1 unspecified atom stereocenters. The predicted octanol–water partition coefficient (Wildman–Crippen LogP) is 1.48. The molecule has 0 radical (unpaired) electrons. The third-order valence-corrected chi connectivity index (χ3v) is 4.72. The maximum absolute atomic E-state index is 12.5. The van der Waals surface area contributed by atoms with E-state index in [9.17, 15) is 9.90 Å². The van der Waals surface area contributed by atoms with Crippen LogP contribution >= 0.6 is 11.3 Å². The second-order valence-electron chi connectivity index (χ2n) is 4.69. The fourth-order valence-corrected chi connectivity index (χ4v) is 3.60. The topological polar surface area (TPSA) is 79.5 Å². The minimum absolute atomic E-state index is 0.0120. The molecular weight excluding hydrogens is 262 g/mol. The van der Waals surface area contributed by atoms with E-state index in [0.717, 1.165) is 22.9 Å². The largest absolute Gasteiger partial charge is 0.397 e. The number of aromatic nitrogens is 1. The highest BCUT2D eigenvalue weighted by Gasteiger charge is 2.31. The lowest BCUT2D eigenvalue weighted by molar-refractivity contribution is 0.0683. The van der Waals surface area contributed by atoms with Crippen LogP contribution in [0.2, 0.25) is 0 Å². The summed E-state index contributed by atoms with van der Waals surface area (Å²) < 4.78 is 0.920. The van der Waals surface area contributed by atoms with Crippen molar-refractivity contribution in [3.05, 3.63) is 23.3 Å². The van der Waals surface area contributed by atoms with Crippen LogP contribution in [0.1, 0.15) is 22.5 Å². The van der Waals surface area contributed by atoms with Crippen molar-refractivity contribution in [2.45, 2.75) is 18.9 Å². The summed E-state index contributed by atoms with van der Waals surface area (Å²) in [6.45, 7) is 0.702. The normalized spacial score (nSPS) is 19.2. The van der Waals surface area contributed by atoms with E-state index >= 15 is 0 Å². The number of carbonyl (C=O) groups is 1. The summed E-state index contributed by atoms with van der Waals surface area (Å²) in [4.78, 5) is 18.9. The summed E-state index contributed by atoms with van der Waals surface area (Å²) in [5.41, 5.74) is 6.59. The highest BCUT2D eigenvalue weighted by molar-refractivity contribution is 7.21. The molecule has 1 aliphatic rings. The lowest BCUT2D eigenvalue weighted by atomic mass is 10.2. The molecule has 2 aromatic heterocycles. The SMILES string of the molecule is Nc1c(C(=O)N2CCCC2CO)sc2cnccc12. The van der Waals surface area contributed by atoms with Crippen LogP contribution in [-0.2, 0) is 0 Å². The van der Waals surface area contributed by atoms with Crippen LogP contribution in [0.3, 0.4) is 0 Å². The Bertz CT molecular complexity index is 625. The van der Waals surface area contributed by atoms with E-state index in [1.807, 2.05) is 6.07 Å². The minimum Gasteiger partial charge on any atom is -0.397 e. The Morgan fingerprint density at radius 3 is 3.21 bits per heavy atom. The molecule has 1 amide bonds. The number of aliphatic hydroxyl groups excluding tert-OH is 1. The van der Waals surface area contributed by atoms with Gasteiger partial charge in [0.1, 0.15) is 4.88 Å². The van der Waals surface area contributed by atoms with Crippen LogP contribution < -0.4 is 5.73 Å². The summed E-state index contributed by atoms with van der Waals surface area (Å²) in [5, 5.41) is 10.2. The van der Waals surface area contributed by atoms with Crippen LogP contribution in [0.4, 0.5) is 5.69 Å². The summed E-state index contributed by atoms with van der Waals surface area (Å²) in [5.74, 6) is -0.0738. The molecule has 0 aromatic carbocycles. The van der Waals surface area contributed by atoms with Gasteiger partial charge in [-0.2, -0.15) is 0 Å². The minimum atomic E-state index is -0.0739. The highest BCUT2D eigenvalue weighted by Crippen LogP contribution is 2.34. The molecule has 19 heavy (non-hydrogen) atoms. The Balaban J connectivity index is 2.00. The molecule has 1 atom stereocenters. The van der Waals surface area contributed by atoms with Gasteiger partial charge in [-0.05, 0) is 18.9 Å². The number of carbonyl (C=O) groups excluding carboxylic acids is 1. The number of nitrogens with zero attached hydrogens (tertiary/aromatic N) is 2. The maximum atomic E-state index is 12.5. The Kier molecular flexibility index (Phi) is 3.12. The van der Waals surface area contributed by atoms with Crippen LogP contribution in [0.15, 0.2) is 18.5 Å². The first kappa shape index (κ1) is 12.4. The van der Waals surface area contributed by atoms with Gasteiger partial charge in [0, 0.05) is 24.3 Å². The van der Waals surface area contributed by atoms with Gasteiger partial charge in [-0.15, -0.1) is 11.3 Å². The quantitative estimate of drug-likeness (QED) is 0.871. The zero-order chi connectivity index (χ0) is 13.4. The second kappa shape index (κ2) is 4.79. The van der Waals surface area contributed by atoms with Crippen LogP contribution in [0, 0.1) is 0 Å². The molecule has 3 N–H and O–H groups in total. The third-order valence-electron chi connectivity index (χ3n) is 3.57. The molecule has 1 fully saturated rings. The molecule has 5 nitrogen and oxygen atoms in total. The fourth-order valence-electron chi connectivity index (χ4n) is 2.55. The monoisotopic (exact) mass is 277 g/mol. The molecule has 0 aliphatic carbocycles. The number of nitrogen functional groups attached to an aromatic ring is 1. The van der Waals surface area contributed by atoms with Crippen LogP contribution in [0.25, 0.3) is 10.1 Å². The Morgan fingerprint density at radius 2 is 2.47 bits per heavy atom. The Hall–Kier alpha value is -1.66. The first-order valence-corrected chi connectivity index (χ1v) is 7.08. The number of likely N-dealkylation sites (tertiary alicyclic amines) is 1.